The number of aliphatic hydroxyl groups excluding tert-OH is 1. The van der Waals surface area contributed by atoms with Crippen molar-refractivity contribution in [3.05, 3.63) is 41.8 Å². The molecule has 33 heavy (non-hydrogen) atoms. The number of alkyl halides is 3. The Bertz CT molecular complexity index is 950. The second kappa shape index (κ2) is 11.6. The van der Waals surface area contributed by atoms with Crippen LogP contribution in [0.15, 0.2) is 41.8 Å². The summed E-state index contributed by atoms with van der Waals surface area (Å²) in [7, 11) is 0. The SMILES string of the molecule is CC(O)=C(C(=O)OCC(Cl)(Cl)Cl)N1C(=O)C(NC(=O)COc2ccccc2)C1C(=O)C(S)S. The van der Waals surface area contributed by atoms with Crippen molar-refractivity contribution in [3.63, 3.8) is 0 Å². The molecule has 0 saturated carbocycles. The van der Waals surface area contributed by atoms with Gasteiger partial charge in [-0.1, -0.05) is 53.0 Å². The molecule has 0 bridgehead atoms. The number of allylic oxidation sites excluding steroid dienone is 1. The number of halogens is 3. The summed E-state index contributed by atoms with van der Waals surface area (Å²) in [5, 5.41) is 12.4. The van der Waals surface area contributed by atoms with Gasteiger partial charge in [-0.15, -0.1) is 0 Å². The Labute approximate surface area is 215 Å². The number of likely N-dealkylation sites (tertiary alicyclic amines) is 1. The first-order valence-electron chi connectivity index (χ1n) is 9.17. The van der Waals surface area contributed by atoms with Crippen LogP contribution in [0.2, 0.25) is 0 Å². The van der Waals surface area contributed by atoms with E-state index in [2.05, 4.69) is 30.6 Å². The van der Waals surface area contributed by atoms with E-state index < -0.39 is 68.7 Å². The molecule has 14 heteroatoms. The minimum absolute atomic E-state index is 0.422. The van der Waals surface area contributed by atoms with Crippen LogP contribution >= 0.6 is 60.1 Å². The zero-order valence-electron chi connectivity index (χ0n) is 16.9. The fourth-order valence-corrected chi connectivity index (χ4v) is 3.31. The lowest BCUT2D eigenvalue weighted by atomic mass is 9.90. The van der Waals surface area contributed by atoms with Gasteiger partial charge in [0.15, 0.2) is 18.1 Å². The number of benzene rings is 1. The standard InChI is InChI=1S/C19H19Cl3N2O7S2/c1-9(25)13(17(29)31-8-19(20,21)22)24-14(15(27)18(32)33)12(16(24)28)23-11(26)7-30-10-5-3-2-4-6-10/h2-6,12,14,18,25,32-33H,7-8H2,1H3,(H,23,26). The maximum Gasteiger partial charge on any atom is 0.358 e. The summed E-state index contributed by atoms with van der Waals surface area (Å²) in [4.78, 5) is 50.9. The third kappa shape index (κ3) is 7.35. The van der Waals surface area contributed by atoms with E-state index in [1.165, 1.54) is 0 Å². The van der Waals surface area contributed by atoms with Gasteiger partial charge in [-0.3, -0.25) is 19.3 Å². The van der Waals surface area contributed by atoms with Crippen molar-refractivity contribution in [2.45, 2.75) is 27.4 Å². The summed E-state index contributed by atoms with van der Waals surface area (Å²) >= 11 is 24.6. The molecule has 2 N–H and O–H groups in total. The Hall–Kier alpha value is -1.79. The molecule has 9 nitrogen and oxygen atoms in total. The molecule has 2 atom stereocenters. The first-order chi connectivity index (χ1) is 15.3. The number of nitrogens with zero attached hydrogens (tertiary/aromatic N) is 1. The number of para-hydroxylation sites is 1. The van der Waals surface area contributed by atoms with E-state index in [4.69, 9.17) is 44.3 Å². The molecular weight excluding hydrogens is 539 g/mol. The van der Waals surface area contributed by atoms with Gasteiger partial charge in [0.05, 0.1) is 0 Å². The second-order valence-electron chi connectivity index (χ2n) is 6.70. The number of aliphatic hydroxyl groups is 1. The molecule has 0 radical (unpaired) electrons. The van der Waals surface area contributed by atoms with Crippen molar-refractivity contribution in [3.8, 4) is 5.75 Å². The number of nitrogens with one attached hydrogen (secondary N) is 1. The van der Waals surface area contributed by atoms with Crippen LogP contribution in [0.5, 0.6) is 5.75 Å². The number of carbonyl (C=O) groups is 4. The molecule has 1 aliphatic heterocycles. The van der Waals surface area contributed by atoms with Crippen LogP contribution in [0, 0.1) is 0 Å². The molecule has 2 unspecified atom stereocenters. The van der Waals surface area contributed by atoms with Crippen LogP contribution in [0.3, 0.4) is 0 Å². The van der Waals surface area contributed by atoms with Crippen LogP contribution in [0.4, 0.5) is 0 Å². The van der Waals surface area contributed by atoms with E-state index in [0.29, 0.717) is 10.6 Å². The molecule has 0 aromatic heterocycles. The molecule has 0 spiro atoms. The van der Waals surface area contributed by atoms with Crippen LogP contribution in [0.1, 0.15) is 6.92 Å². The Morgan fingerprint density at radius 1 is 1.21 bits per heavy atom. The smallest absolute Gasteiger partial charge is 0.358 e. The first kappa shape index (κ1) is 27.5. The number of β-lactam (4-membered cyclic amide) rings is 1. The number of hydrogen-bond donors (Lipinski definition) is 4. The number of Topliss-reactive ketones (excluding diaryl/α,β-unsaturated/α-hetero) is 1. The van der Waals surface area contributed by atoms with Crippen molar-refractivity contribution in [2.24, 2.45) is 0 Å². The number of rotatable bonds is 9. The molecule has 0 aliphatic carbocycles. The minimum atomic E-state index is -1.95. The summed E-state index contributed by atoms with van der Waals surface area (Å²) in [6.07, 6.45) is 0. The number of carbonyl (C=O) groups excluding carboxylic acids is 4. The molecular formula is C19H19Cl3N2O7S2. The van der Waals surface area contributed by atoms with Gasteiger partial charge >= 0.3 is 5.97 Å². The van der Waals surface area contributed by atoms with E-state index in [1.807, 2.05) is 0 Å². The van der Waals surface area contributed by atoms with Gasteiger partial charge in [0.2, 0.25) is 3.79 Å². The lowest BCUT2D eigenvalue weighted by Crippen LogP contribution is -2.74. The van der Waals surface area contributed by atoms with E-state index in [1.54, 1.807) is 30.3 Å². The van der Waals surface area contributed by atoms with Crippen molar-refractivity contribution in [1.82, 2.24) is 10.2 Å². The largest absolute Gasteiger partial charge is 0.510 e. The van der Waals surface area contributed by atoms with Gasteiger partial charge in [-0.05, 0) is 19.1 Å². The summed E-state index contributed by atoms with van der Waals surface area (Å²) < 4.78 is 7.03. The minimum Gasteiger partial charge on any atom is -0.510 e. The predicted molar refractivity (Wildman–Crippen MR) is 128 cm³/mol. The topological polar surface area (TPSA) is 122 Å². The van der Waals surface area contributed by atoms with Crippen LogP contribution in [-0.4, -0.2) is 67.2 Å². The zero-order valence-corrected chi connectivity index (χ0v) is 21.0. The van der Waals surface area contributed by atoms with Gasteiger partial charge in [-0.2, -0.15) is 25.3 Å². The maximum atomic E-state index is 12.8. The number of amides is 2. The van der Waals surface area contributed by atoms with Crippen molar-refractivity contribution >= 4 is 83.6 Å². The monoisotopic (exact) mass is 556 g/mol. The quantitative estimate of drug-likeness (QED) is 0.0699. The lowest BCUT2D eigenvalue weighted by Gasteiger charge is -2.46. The fraction of sp³-hybridized carbons (Fsp3) is 0.368. The lowest BCUT2D eigenvalue weighted by molar-refractivity contribution is -0.160. The highest BCUT2D eigenvalue weighted by molar-refractivity contribution is 8.00. The molecule has 2 amide bonds. The summed E-state index contributed by atoms with van der Waals surface area (Å²) in [6, 6.07) is 5.68. The number of thiol groups is 2. The van der Waals surface area contributed by atoms with Gasteiger partial charge in [-0.25, -0.2) is 4.79 Å². The molecule has 1 fully saturated rings. The Morgan fingerprint density at radius 2 is 1.82 bits per heavy atom. The number of ether oxygens (including phenoxy) is 2. The average Bonchev–Trinajstić information content (AvgIpc) is 2.74. The van der Waals surface area contributed by atoms with Crippen LogP contribution < -0.4 is 10.1 Å². The molecule has 2 rings (SSSR count). The number of ketones is 1. The van der Waals surface area contributed by atoms with E-state index in [9.17, 15) is 24.3 Å². The average molecular weight is 558 g/mol. The van der Waals surface area contributed by atoms with E-state index in [-0.39, 0.29) is 0 Å². The van der Waals surface area contributed by atoms with E-state index >= 15 is 0 Å². The Morgan fingerprint density at radius 3 is 2.33 bits per heavy atom. The molecule has 1 saturated heterocycles. The van der Waals surface area contributed by atoms with Gasteiger partial charge in [0.1, 0.15) is 34.8 Å². The summed E-state index contributed by atoms with van der Waals surface area (Å²) in [5.41, 5.74) is -0.652. The fourth-order valence-electron chi connectivity index (χ4n) is 2.84. The molecule has 180 valence electrons. The molecule has 1 heterocycles. The second-order valence-corrected chi connectivity index (χ2v) is 10.7. The highest BCUT2D eigenvalue weighted by atomic mass is 35.6. The molecule has 1 aliphatic rings. The van der Waals surface area contributed by atoms with Gasteiger partial charge in [0.25, 0.3) is 11.8 Å². The molecule has 1 aromatic rings. The van der Waals surface area contributed by atoms with Crippen LogP contribution in [-0.2, 0) is 23.9 Å². The summed E-state index contributed by atoms with van der Waals surface area (Å²) in [6.45, 7) is -0.0290. The van der Waals surface area contributed by atoms with Crippen LogP contribution in [0.25, 0.3) is 0 Å². The summed E-state index contributed by atoms with van der Waals surface area (Å²) in [5.74, 6) is -3.72. The highest BCUT2D eigenvalue weighted by Crippen LogP contribution is 2.32. The van der Waals surface area contributed by atoms with Gasteiger partial charge < -0.3 is 19.9 Å². The zero-order chi connectivity index (χ0) is 24.9. The van der Waals surface area contributed by atoms with Gasteiger partial charge in [0, 0.05) is 0 Å². The number of hydrogen-bond acceptors (Lipinski definition) is 9. The van der Waals surface area contributed by atoms with Crippen molar-refractivity contribution in [2.75, 3.05) is 13.2 Å². The number of esters is 1. The van der Waals surface area contributed by atoms with Crippen molar-refractivity contribution in [1.29, 1.82) is 0 Å². The highest BCUT2D eigenvalue weighted by Gasteiger charge is 2.56. The molecule has 1 aromatic carbocycles. The Kier molecular flexibility index (Phi) is 9.62. The third-order valence-corrected chi connectivity index (χ3v) is 5.05. The third-order valence-electron chi connectivity index (χ3n) is 4.22. The normalized spacial score (nSPS) is 18.9. The van der Waals surface area contributed by atoms with Crippen molar-refractivity contribution < 1.29 is 33.8 Å². The first-order valence-corrected chi connectivity index (χ1v) is 11.3. The Balaban J connectivity index is 2.19. The van der Waals surface area contributed by atoms with E-state index in [0.717, 1.165) is 6.92 Å². The predicted octanol–water partition coefficient (Wildman–Crippen LogP) is 2.22. The maximum absolute atomic E-state index is 12.8.